The molecule has 0 bridgehead atoms. The van der Waals surface area contributed by atoms with E-state index < -0.39 is 0 Å². The number of ketones is 1. The summed E-state index contributed by atoms with van der Waals surface area (Å²) >= 11 is 1.34. The van der Waals surface area contributed by atoms with Crippen molar-refractivity contribution in [2.24, 2.45) is 5.73 Å². The fraction of sp³-hybridized carbons (Fsp3) is 0.333. The quantitative estimate of drug-likeness (QED) is 0.712. The first-order valence-electron chi connectivity index (χ1n) is 2.89. The van der Waals surface area contributed by atoms with Crippen LogP contribution in [0.5, 0.6) is 0 Å². The van der Waals surface area contributed by atoms with Crippen molar-refractivity contribution in [2.75, 3.05) is 6.54 Å². The molecule has 1 aromatic rings. The molecule has 62 valence electrons. The largest absolute Gasteiger partial charge is 0.324 e. The lowest BCUT2D eigenvalue weighted by Gasteiger charge is -1.90. The first-order chi connectivity index (χ1) is 4.75. The molecule has 1 aromatic heterocycles. The van der Waals surface area contributed by atoms with Crippen molar-refractivity contribution in [3.63, 3.8) is 0 Å². The Kier molecular flexibility index (Phi) is 4.25. The topological polar surface area (TPSA) is 56.0 Å². The number of Topliss-reactive ketones (excluding diaryl/α,β-unsaturated/α-hetero) is 1. The normalized spacial score (nSPS) is 8.91. The van der Waals surface area contributed by atoms with Gasteiger partial charge in [-0.2, -0.15) is 0 Å². The second kappa shape index (κ2) is 4.43. The predicted octanol–water partition coefficient (Wildman–Crippen LogP) is 1.01. The van der Waals surface area contributed by atoms with Gasteiger partial charge in [-0.15, -0.1) is 23.7 Å². The van der Waals surface area contributed by atoms with Crippen LogP contribution >= 0.6 is 23.7 Å². The van der Waals surface area contributed by atoms with Gasteiger partial charge < -0.3 is 5.73 Å². The maximum absolute atomic E-state index is 10.9. The summed E-state index contributed by atoms with van der Waals surface area (Å²) in [6, 6.07) is 0. The third-order valence-corrected chi connectivity index (χ3v) is 2.15. The van der Waals surface area contributed by atoms with Crippen molar-refractivity contribution in [3.8, 4) is 0 Å². The summed E-state index contributed by atoms with van der Waals surface area (Å²) in [5.41, 5.74) is 7.59. The van der Waals surface area contributed by atoms with E-state index in [0.29, 0.717) is 4.88 Å². The molecule has 2 N–H and O–H groups in total. The molecule has 1 heterocycles. The SMILES string of the molecule is Cc1ncsc1C(=O)CN.Cl. The van der Waals surface area contributed by atoms with Crippen molar-refractivity contribution in [1.29, 1.82) is 0 Å². The van der Waals surface area contributed by atoms with Crippen LogP contribution in [-0.4, -0.2) is 17.3 Å². The number of carbonyl (C=O) groups excluding carboxylic acids is 1. The van der Waals surface area contributed by atoms with Crippen LogP contribution < -0.4 is 5.73 Å². The number of thiazole rings is 1. The summed E-state index contributed by atoms with van der Waals surface area (Å²) < 4.78 is 0. The van der Waals surface area contributed by atoms with E-state index in [4.69, 9.17) is 5.73 Å². The number of nitrogens with two attached hydrogens (primary N) is 1. The first-order valence-corrected chi connectivity index (χ1v) is 3.77. The van der Waals surface area contributed by atoms with Crippen LogP contribution in [0.4, 0.5) is 0 Å². The number of aryl methyl sites for hydroxylation is 1. The highest BCUT2D eigenvalue weighted by Crippen LogP contribution is 2.11. The number of nitrogens with zero attached hydrogens (tertiary/aromatic N) is 1. The van der Waals surface area contributed by atoms with Crippen LogP contribution in [0.3, 0.4) is 0 Å². The van der Waals surface area contributed by atoms with Gasteiger partial charge in [0.2, 0.25) is 0 Å². The number of hydrogen-bond donors (Lipinski definition) is 1. The fourth-order valence-corrected chi connectivity index (χ4v) is 1.42. The maximum atomic E-state index is 10.9. The minimum atomic E-state index is -0.0278. The second-order valence-electron chi connectivity index (χ2n) is 1.89. The Bertz CT molecular complexity index is 248. The van der Waals surface area contributed by atoms with Crippen LogP contribution in [0, 0.1) is 6.92 Å². The minimum Gasteiger partial charge on any atom is -0.324 e. The minimum absolute atomic E-state index is 0. The Hall–Kier alpha value is -0.450. The van der Waals surface area contributed by atoms with Crippen molar-refractivity contribution >= 4 is 29.5 Å². The summed E-state index contributed by atoms with van der Waals surface area (Å²) in [7, 11) is 0. The monoisotopic (exact) mass is 192 g/mol. The van der Waals surface area contributed by atoms with Crippen molar-refractivity contribution in [2.45, 2.75) is 6.92 Å². The van der Waals surface area contributed by atoms with Crippen LogP contribution in [0.25, 0.3) is 0 Å². The van der Waals surface area contributed by atoms with Crippen LogP contribution in [0.15, 0.2) is 5.51 Å². The predicted molar refractivity (Wildman–Crippen MR) is 47.5 cm³/mol. The molecule has 0 aliphatic rings. The molecule has 0 aliphatic heterocycles. The average Bonchev–Trinajstić information content (AvgIpc) is 2.34. The Morgan fingerprint density at radius 2 is 2.45 bits per heavy atom. The molecule has 0 aliphatic carbocycles. The molecule has 0 unspecified atom stereocenters. The number of halogens is 1. The third kappa shape index (κ3) is 2.25. The van der Waals surface area contributed by atoms with Gasteiger partial charge in [0.05, 0.1) is 22.6 Å². The van der Waals surface area contributed by atoms with Crippen LogP contribution in [0.2, 0.25) is 0 Å². The number of hydrogen-bond acceptors (Lipinski definition) is 4. The molecule has 0 fully saturated rings. The van der Waals surface area contributed by atoms with E-state index in [-0.39, 0.29) is 24.7 Å². The molecule has 0 amide bonds. The van der Waals surface area contributed by atoms with E-state index in [9.17, 15) is 4.79 Å². The zero-order valence-electron chi connectivity index (χ0n) is 6.03. The lowest BCUT2D eigenvalue weighted by Crippen LogP contribution is -2.12. The second-order valence-corrected chi connectivity index (χ2v) is 2.75. The summed E-state index contributed by atoms with van der Waals surface area (Å²) in [6.07, 6.45) is 0. The molecule has 0 saturated carbocycles. The summed E-state index contributed by atoms with van der Waals surface area (Å²) in [6.45, 7) is 1.88. The van der Waals surface area contributed by atoms with E-state index in [1.807, 2.05) is 0 Å². The van der Waals surface area contributed by atoms with Crippen LogP contribution in [-0.2, 0) is 0 Å². The molecule has 0 saturated heterocycles. The van der Waals surface area contributed by atoms with Gasteiger partial charge in [-0.25, -0.2) is 4.98 Å². The molecule has 0 radical (unpaired) electrons. The lowest BCUT2D eigenvalue weighted by molar-refractivity contribution is 0.100. The summed E-state index contributed by atoms with van der Waals surface area (Å²) in [5, 5.41) is 0. The first kappa shape index (κ1) is 10.6. The van der Waals surface area contributed by atoms with Gasteiger partial charge in [0.25, 0.3) is 0 Å². The molecule has 11 heavy (non-hydrogen) atoms. The fourth-order valence-electron chi connectivity index (χ4n) is 0.662. The highest BCUT2D eigenvalue weighted by Gasteiger charge is 2.08. The summed E-state index contributed by atoms with van der Waals surface area (Å²) in [5.74, 6) is -0.0278. The Morgan fingerprint density at radius 3 is 2.82 bits per heavy atom. The van der Waals surface area contributed by atoms with Gasteiger partial charge in [0, 0.05) is 0 Å². The molecular weight excluding hydrogens is 184 g/mol. The Morgan fingerprint density at radius 1 is 1.82 bits per heavy atom. The molecule has 0 spiro atoms. The number of rotatable bonds is 2. The molecule has 1 rings (SSSR count). The summed E-state index contributed by atoms with van der Waals surface area (Å²) in [4.78, 5) is 15.6. The van der Waals surface area contributed by atoms with Crippen molar-refractivity contribution in [1.82, 2.24) is 4.98 Å². The average molecular weight is 193 g/mol. The molecule has 0 atom stereocenters. The smallest absolute Gasteiger partial charge is 0.188 e. The van der Waals surface area contributed by atoms with Gasteiger partial charge in [-0.1, -0.05) is 0 Å². The maximum Gasteiger partial charge on any atom is 0.188 e. The highest BCUT2D eigenvalue weighted by molar-refractivity contribution is 7.12. The third-order valence-electron chi connectivity index (χ3n) is 1.18. The zero-order valence-corrected chi connectivity index (χ0v) is 7.67. The van der Waals surface area contributed by atoms with E-state index in [2.05, 4.69) is 4.98 Å². The van der Waals surface area contributed by atoms with E-state index >= 15 is 0 Å². The van der Waals surface area contributed by atoms with Crippen molar-refractivity contribution in [3.05, 3.63) is 16.1 Å². The van der Waals surface area contributed by atoms with E-state index in [1.54, 1.807) is 12.4 Å². The molecular formula is C6H9ClN2OS. The molecule has 3 nitrogen and oxygen atoms in total. The van der Waals surface area contributed by atoms with Gasteiger partial charge in [0.15, 0.2) is 5.78 Å². The van der Waals surface area contributed by atoms with Gasteiger partial charge >= 0.3 is 0 Å². The highest BCUT2D eigenvalue weighted by atomic mass is 35.5. The van der Waals surface area contributed by atoms with Crippen molar-refractivity contribution < 1.29 is 4.79 Å². The van der Waals surface area contributed by atoms with Gasteiger partial charge in [-0.3, -0.25) is 4.79 Å². The van der Waals surface area contributed by atoms with Gasteiger partial charge in [0.1, 0.15) is 0 Å². The lowest BCUT2D eigenvalue weighted by atomic mass is 10.3. The number of carbonyl (C=O) groups is 1. The Balaban J connectivity index is 0.000001000. The van der Waals surface area contributed by atoms with Crippen LogP contribution in [0.1, 0.15) is 15.4 Å². The molecule has 0 aromatic carbocycles. The zero-order chi connectivity index (χ0) is 7.56. The Labute approximate surface area is 75.0 Å². The number of aromatic nitrogens is 1. The van der Waals surface area contributed by atoms with E-state index in [0.717, 1.165) is 5.69 Å². The standard InChI is InChI=1S/C6H8N2OS.ClH/c1-4-6(5(9)2-7)10-3-8-4;/h3H,2,7H2,1H3;1H. The van der Waals surface area contributed by atoms with Gasteiger partial charge in [-0.05, 0) is 6.92 Å². The molecule has 5 heteroatoms. The van der Waals surface area contributed by atoms with E-state index in [1.165, 1.54) is 11.3 Å².